The first kappa shape index (κ1) is 21.5. The summed E-state index contributed by atoms with van der Waals surface area (Å²) >= 11 is 0. The van der Waals surface area contributed by atoms with Crippen LogP contribution in [-0.4, -0.2) is 30.3 Å². The largest absolute Gasteiger partial charge is 0.494 e. The van der Waals surface area contributed by atoms with E-state index in [-0.39, 0.29) is 4.90 Å². The quantitative estimate of drug-likeness (QED) is 0.348. The summed E-state index contributed by atoms with van der Waals surface area (Å²) in [5.74, 6) is 1.04. The Balaban J connectivity index is 1.38. The summed E-state index contributed by atoms with van der Waals surface area (Å²) in [5, 5.41) is 8.45. The van der Waals surface area contributed by atoms with Crippen LogP contribution in [0.4, 0.5) is 17.2 Å². The van der Waals surface area contributed by atoms with Crippen LogP contribution in [0.25, 0.3) is 16.6 Å². The Morgan fingerprint density at radius 1 is 0.853 bits per heavy atom. The molecule has 3 aromatic carbocycles. The standard InChI is InChI=1S/C25H21N5O3S/c1-33-23-9-5-8-21-22(14-16-26-25(21)23)28-18-10-12-20(13-11-18)34(31,32)29-24-15-17-27-30(24)19-6-3-2-4-7-19/h2-17,29H,1H3,(H,26,28). The number of para-hydroxylation sites is 2. The predicted molar refractivity (Wildman–Crippen MR) is 132 cm³/mol. The van der Waals surface area contributed by atoms with Gasteiger partial charge in [-0.25, -0.2) is 13.1 Å². The van der Waals surface area contributed by atoms with Crippen LogP contribution < -0.4 is 14.8 Å². The molecule has 0 bridgehead atoms. The summed E-state index contributed by atoms with van der Waals surface area (Å²) in [6, 6.07) is 25.0. The van der Waals surface area contributed by atoms with E-state index in [1.54, 1.807) is 49.8 Å². The number of fused-ring (bicyclic) bond motifs is 1. The third-order valence-corrected chi connectivity index (χ3v) is 6.65. The van der Waals surface area contributed by atoms with Crippen molar-refractivity contribution >= 4 is 38.1 Å². The van der Waals surface area contributed by atoms with Crippen LogP contribution in [0, 0.1) is 0 Å². The zero-order valence-corrected chi connectivity index (χ0v) is 19.0. The molecule has 0 aliphatic carbocycles. The Labute approximate surface area is 196 Å². The van der Waals surface area contributed by atoms with Crippen LogP contribution in [0.3, 0.4) is 0 Å². The first-order valence-electron chi connectivity index (χ1n) is 10.5. The molecule has 170 valence electrons. The van der Waals surface area contributed by atoms with E-state index in [0.717, 1.165) is 28.0 Å². The number of rotatable bonds is 7. The van der Waals surface area contributed by atoms with Gasteiger partial charge in [0.2, 0.25) is 0 Å². The van der Waals surface area contributed by atoms with Gasteiger partial charge in [-0.05, 0) is 48.5 Å². The number of hydrogen-bond donors (Lipinski definition) is 2. The fourth-order valence-electron chi connectivity index (χ4n) is 3.65. The molecule has 0 saturated carbocycles. The number of aromatic nitrogens is 3. The summed E-state index contributed by atoms with van der Waals surface area (Å²) < 4.78 is 35.6. The van der Waals surface area contributed by atoms with Crippen LogP contribution in [0.5, 0.6) is 5.75 Å². The molecule has 0 fully saturated rings. The highest BCUT2D eigenvalue weighted by Crippen LogP contribution is 2.31. The number of hydrogen-bond acceptors (Lipinski definition) is 6. The number of benzene rings is 3. The minimum absolute atomic E-state index is 0.139. The molecule has 2 aromatic heterocycles. The summed E-state index contributed by atoms with van der Waals surface area (Å²) in [7, 11) is -2.20. The Morgan fingerprint density at radius 3 is 2.41 bits per heavy atom. The van der Waals surface area contributed by atoms with Crippen molar-refractivity contribution < 1.29 is 13.2 Å². The van der Waals surface area contributed by atoms with E-state index < -0.39 is 10.0 Å². The van der Waals surface area contributed by atoms with Gasteiger partial charge in [0.05, 0.1) is 23.9 Å². The van der Waals surface area contributed by atoms with Crippen LogP contribution in [0.1, 0.15) is 0 Å². The number of sulfonamides is 1. The number of nitrogens with zero attached hydrogens (tertiary/aromatic N) is 3. The van der Waals surface area contributed by atoms with Crippen molar-refractivity contribution in [3.8, 4) is 11.4 Å². The number of methoxy groups -OCH3 is 1. The van der Waals surface area contributed by atoms with E-state index in [0.29, 0.717) is 11.6 Å². The Hall–Kier alpha value is -4.37. The summed E-state index contributed by atoms with van der Waals surface area (Å²) in [5.41, 5.74) is 3.08. The summed E-state index contributed by atoms with van der Waals surface area (Å²) in [4.78, 5) is 4.54. The lowest BCUT2D eigenvalue weighted by Gasteiger charge is -2.13. The normalized spacial score (nSPS) is 11.3. The van der Waals surface area contributed by atoms with Crippen LogP contribution in [0.2, 0.25) is 0 Å². The van der Waals surface area contributed by atoms with Crippen molar-refractivity contribution in [1.82, 2.24) is 14.8 Å². The van der Waals surface area contributed by atoms with Crippen LogP contribution in [-0.2, 0) is 10.0 Å². The molecule has 8 nitrogen and oxygen atoms in total. The lowest BCUT2D eigenvalue weighted by atomic mass is 10.1. The molecule has 0 atom stereocenters. The minimum atomic E-state index is -3.81. The van der Waals surface area contributed by atoms with Gasteiger partial charge in [-0.3, -0.25) is 9.71 Å². The second-order valence-electron chi connectivity index (χ2n) is 7.43. The molecule has 0 aliphatic rings. The van der Waals surface area contributed by atoms with Gasteiger partial charge in [0.1, 0.15) is 17.1 Å². The van der Waals surface area contributed by atoms with Crippen molar-refractivity contribution in [2.45, 2.75) is 4.90 Å². The van der Waals surface area contributed by atoms with Gasteiger partial charge in [-0.15, -0.1) is 0 Å². The van der Waals surface area contributed by atoms with Gasteiger partial charge in [-0.2, -0.15) is 5.10 Å². The zero-order valence-electron chi connectivity index (χ0n) is 18.2. The lowest BCUT2D eigenvalue weighted by molar-refractivity contribution is 0.419. The Morgan fingerprint density at radius 2 is 1.65 bits per heavy atom. The van der Waals surface area contributed by atoms with Gasteiger partial charge in [-0.1, -0.05) is 30.3 Å². The van der Waals surface area contributed by atoms with Gasteiger partial charge < -0.3 is 10.1 Å². The molecular weight excluding hydrogens is 450 g/mol. The van der Waals surface area contributed by atoms with Crippen molar-refractivity contribution in [1.29, 1.82) is 0 Å². The Bertz CT molecular complexity index is 1550. The third kappa shape index (κ3) is 4.16. The summed E-state index contributed by atoms with van der Waals surface area (Å²) in [6.45, 7) is 0. The van der Waals surface area contributed by atoms with Gasteiger partial charge in [0, 0.05) is 29.0 Å². The van der Waals surface area contributed by atoms with Crippen molar-refractivity contribution in [2.75, 3.05) is 17.1 Å². The first-order chi connectivity index (χ1) is 16.5. The molecule has 2 heterocycles. The molecule has 34 heavy (non-hydrogen) atoms. The minimum Gasteiger partial charge on any atom is -0.494 e. The van der Waals surface area contributed by atoms with E-state index in [1.165, 1.54) is 4.68 Å². The lowest BCUT2D eigenvalue weighted by Crippen LogP contribution is -2.15. The third-order valence-electron chi connectivity index (χ3n) is 5.28. The maximum Gasteiger partial charge on any atom is 0.263 e. The predicted octanol–water partition coefficient (Wildman–Crippen LogP) is 4.97. The number of ether oxygens (including phenoxy) is 1. The van der Waals surface area contributed by atoms with Gasteiger partial charge in [0.15, 0.2) is 0 Å². The molecule has 0 radical (unpaired) electrons. The number of pyridine rings is 1. The fraction of sp³-hybridized carbons (Fsp3) is 0.0400. The van der Waals surface area contributed by atoms with E-state index in [9.17, 15) is 8.42 Å². The summed E-state index contributed by atoms with van der Waals surface area (Å²) in [6.07, 6.45) is 3.25. The molecule has 9 heteroatoms. The van der Waals surface area contributed by atoms with Crippen LogP contribution >= 0.6 is 0 Å². The topological polar surface area (TPSA) is 98.1 Å². The highest BCUT2D eigenvalue weighted by atomic mass is 32.2. The molecule has 0 amide bonds. The number of anilines is 3. The fourth-order valence-corrected chi connectivity index (χ4v) is 4.69. The second-order valence-corrected chi connectivity index (χ2v) is 9.12. The molecule has 2 N–H and O–H groups in total. The van der Waals surface area contributed by atoms with Crippen molar-refractivity contribution in [3.05, 3.63) is 97.3 Å². The van der Waals surface area contributed by atoms with Crippen LogP contribution in [0.15, 0.2) is 102 Å². The number of nitrogens with one attached hydrogen (secondary N) is 2. The molecular formula is C25H21N5O3S. The van der Waals surface area contributed by atoms with E-state index in [4.69, 9.17) is 4.74 Å². The molecule has 0 spiro atoms. The monoisotopic (exact) mass is 471 g/mol. The van der Waals surface area contributed by atoms with Crippen molar-refractivity contribution in [3.63, 3.8) is 0 Å². The van der Waals surface area contributed by atoms with E-state index in [2.05, 4.69) is 20.1 Å². The Kier molecular flexibility index (Phi) is 5.60. The van der Waals surface area contributed by atoms with E-state index in [1.807, 2.05) is 54.6 Å². The molecule has 5 rings (SSSR count). The van der Waals surface area contributed by atoms with E-state index >= 15 is 0 Å². The van der Waals surface area contributed by atoms with Gasteiger partial charge in [0.25, 0.3) is 10.0 Å². The molecule has 0 unspecified atom stereocenters. The molecule has 5 aromatic rings. The SMILES string of the molecule is COc1cccc2c(Nc3ccc(S(=O)(=O)Nc4ccnn4-c4ccccc4)cc3)ccnc12. The second kappa shape index (κ2) is 8.87. The average Bonchev–Trinajstić information content (AvgIpc) is 3.32. The van der Waals surface area contributed by atoms with Crippen molar-refractivity contribution in [2.24, 2.45) is 0 Å². The smallest absolute Gasteiger partial charge is 0.263 e. The first-order valence-corrected chi connectivity index (χ1v) is 11.9. The maximum atomic E-state index is 13.0. The van der Waals surface area contributed by atoms with Gasteiger partial charge >= 0.3 is 0 Å². The maximum absolute atomic E-state index is 13.0. The zero-order chi connectivity index (χ0) is 23.5. The molecule has 0 saturated heterocycles. The molecule has 0 aliphatic heterocycles. The highest BCUT2D eigenvalue weighted by Gasteiger charge is 2.17. The highest BCUT2D eigenvalue weighted by molar-refractivity contribution is 7.92. The average molecular weight is 472 g/mol.